The number of likely N-dealkylation sites (tertiary alicyclic amines) is 1. The minimum atomic E-state index is -0.876. The molecule has 2 N–H and O–H groups in total. The number of anilines is 1. The molecule has 0 saturated carbocycles. The number of nitrogens with zero attached hydrogens (tertiary/aromatic N) is 1. The normalized spacial score (nSPS) is 17.6. The molecule has 0 aromatic heterocycles. The zero-order chi connectivity index (χ0) is 13.0. The summed E-state index contributed by atoms with van der Waals surface area (Å²) >= 11 is 0. The Morgan fingerprint density at radius 2 is 2.17 bits per heavy atom. The molecular weight excluding hydrogens is 228 g/mol. The number of piperidine rings is 1. The van der Waals surface area contributed by atoms with Crippen molar-refractivity contribution >= 4 is 11.7 Å². The number of nitrogens with one attached hydrogen (secondary N) is 1. The second-order valence-corrected chi connectivity index (χ2v) is 4.74. The molecule has 0 amide bonds. The molecule has 18 heavy (non-hydrogen) atoms. The summed E-state index contributed by atoms with van der Waals surface area (Å²) in [6.07, 6.45) is 2.23. The SMILES string of the molecule is CCN1CCC(Nc2cccc(C(=O)O)c2)CC1. The van der Waals surface area contributed by atoms with Gasteiger partial charge in [0.1, 0.15) is 0 Å². The fourth-order valence-corrected chi connectivity index (χ4v) is 2.37. The molecule has 1 fully saturated rings. The van der Waals surface area contributed by atoms with Gasteiger partial charge in [-0.05, 0) is 37.6 Å². The van der Waals surface area contributed by atoms with Crippen molar-refractivity contribution in [2.45, 2.75) is 25.8 Å². The van der Waals surface area contributed by atoms with E-state index < -0.39 is 5.97 Å². The van der Waals surface area contributed by atoms with Crippen LogP contribution in [0.2, 0.25) is 0 Å². The van der Waals surface area contributed by atoms with Gasteiger partial charge in [-0.25, -0.2) is 4.79 Å². The van der Waals surface area contributed by atoms with E-state index in [4.69, 9.17) is 5.11 Å². The summed E-state index contributed by atoms with van der Waals surface area (Å²) < 4.78 is 0. The molecule has 1 aliphatic heterocycles. The summed E-state index contributed by atoms with van der Waals surface area (Å²) in [5.74, 6) is -0.876. The summed E-state index contributed by atoms with van der Waals surface area (Å²) in [7, 11) is 0. The maximum absolute atomic E-state index is 10.9. The number of hydrogen-bond donors (Lipinski definition) is 2. The van der Waals surface area contributed by atoms with Gasteiger partial charge in [-0.15, -0.1) is 0 Å². The standard InChI is InChI=1S/C14H20N2O2/c1-2-16-8-6-12(7-9-16)15-13-5-3-4-11(10-13)14(17)18/h3-5,10,12,15H,2,6-9H2,1H3,(H,17,18). The van der Waals surface area contributed by atoms with Gasteiger partial charge >= 0.3 is 5.97 Å². The van der Waals surface area contributed by atoms with Crippen LogP contribution in [0.1, 0.15) is 30.1 Å². The molecule has 0 aliphatic carbocycles. The van der Waals surface area contributed by atoms with Gasteiger partial charge in [0.05, 0.1) is 5.56 Å². The van der Waals surface area contributed by atoms with E-state index in [0.29, 0.717) is 11.6 Å². The van der Waals surface area contributed by atoms with Gasteiger partial charge in [0.15, 0.2) is 0 Å². The van der Waals surface area contributed by atoms with E-state index >= 15 is 0 Å². The van der Waals surface area contributed by atoms with Crippen LogP contribution in [0.4, 0.5) is 5.69 Å². The first-order chi connectivity index (χ1) is 8.69. The molecule has 4 heteroatoms. The third-order valence-electron chi connectivity index (χ3n) is 3.52. The third-order valence-corrected chi connectivity index (χ3v) is 3.52. The lowest BCUT2D eigenvalue weighted by atomic mass is 10.0. The number of carboxylic acid groups (broad SMARTS) is 1. The van der Waals surface area contributed by atoms with E-state index in [1.165, 1.54) is 0 Å². The Hall–Kier alpha value is -1.55. The van der Waals surface area contributed by atoms with Crippen LogP contribution in [-0.4, -0.2) is 41.7 Å². The highest BCUT2D eigenvalue weighted by Crippen LogP contribution is 2.17. The van der Waals surface area contributed by atoms with Crippen molar-refractivity contribution in [2.24, 2.45) is 0 Å². The van der Waals surface area contributed by atoms with Crippen molar-refractivity contribution in [3.63, 3.8) is 0 Å². The summed E-state index contributed by atoms with van der Waals surface area (Å²) in [5, 5.41) is 12.4. The Morgan fingerprint density at radius 1 is 1.44 bits per heavy atom. The topological polar surface area (TPSA) is 52.6 Å². The fraction of sp³-hybridized carbons (Fsp3) is 0.500. The van der Waals surface area contributed by atoms with Crippen LogP contribution in [0.15, 0.2) is 24.3 Å². The van der Waals surface area contributed by atoms with Crippen LogP contribution in [0.5, 0.6) is 0 Å². The average molecular weight is 248 g/mol. The second-order valence-electron chi connectivity index (χ2n) is 4.74. The maximum atomic E-state index is 10.9. The first-order valence-corrected chi connectivity index (χ1v) is 6.51. The lowest BCUT2D eigenvalue weighted by Crippen LogP contribution is -2.38. The highest BCUT2D eigenvalue weighted by Gasteiger charge is 2.17. The number of carboxylic acids is 1. The van der Waals surface area contributed by atoms with E-state index in [2.05, 4.69) is 17.1 Å². The molecule has 1 heterocycles. The summed E-state index contributed by atoms with van der Waals surface area (Å²) in [5.41, 5.74) is 1.25. The second kappa shape index (κ2) is 5.87. The molecule has 1 aromatic rings. The van der Waals surface area contributed by atoms with Crippen molar-refractivity contribution in [1.29, 1.82) is 0 Å². The largest absolute Gasteiger partial charge is 0.478 e. The first-order valence-electron chi connectivity index (χ1n) is 6.51. The summed E-state index contributed by atoms with van der Waals surface area (Å²) in [6.45, 7) is 5.53. The van der Waals surface area contributed by atoms with Crippen LogP contribution < -0.4 is 5.32 Å². The summed E-state index contributed by atoms with van der Waals surface area (Å²) in [6, 6.07) is 7.49. The van der Waals surface area contributed by atoms with Crippen LogP contribution in [-0.2, 0) is 0 Å². The van der Waals surface area contributed by atoms with E-state index in [9.17, 15) is 4.79 Å². The van der Waals surface area contributed by atoms with E-state index in [0.717, 1.165) is 38.2 Å². The van der Waals surface area contributed by atoms with Gasteiger partial charge in [0, 0.05) is 24.8 Å². The predicted molar refractivity (Wildman–Crippen MR) is 72.2 cm³/mol. The lowest BCUT2D eigenvalue weighted by molar-refractivity contribution is 0.0697. The highest BCUT2D eigenvalue weighted by molar-refractivity contribution is 5.88. The third kappa shape index (κ3) is 3.23. The van der Waals surface area contributed by atoms with Crippen molar-refractivity contribution in [2.75, 3.05) is 25.0 Å². The minimum Gasteiger partial charge on any atom is -0.478 e. The van der Waals surface area contributed by atoms with Gasteiger partial charge in [-0.1, -0.05) is 13.0 Å². The number of carbonyl (C=O) groups is 1. The first kappa shape index (κ1) is 12.9. The zero-order valence-electron chi connectivity index (χ0n) is 10.7. The molecule has 0 spiro atoms. The fourth-order valence-electron chi connectivity index (χ4n) is 2.37. The highest BCUT2D eigenvalue weighted by atomic mass is 16.4. The molecule has 0 radical (unpaired) electrons. The zero-order valence-corrected chi connectivity index (χ0v) is 10.7. The molecule has 0 bridgehead atoms. The Labute approximate surface area is 108 Å². The van der Waals surface area contributed by atoms with Crippen LogP contribution >= 0.6 is 0 Å². The van der Waals surface area contributed by atoms with Crippen molar-refractivity contribution < 1.29 is 9.90 Å². The van der Waals surface area contributed by atoms with Crippen LogP contribution in [0.25, 0.3) is 0 Å². The maximum Gasteiger partial charge on any atom is 0.335 e. The molecule has 4 nitrogen and oxygen atoms in total. The lowest BCUT2D eigenvalue weighted by Gasteiger charge is -2.32. The van der Waals surface area contributed by atoms with E-state index in [-0.39, 0.29) is 0 Å². The van der Waals surface area contributed by atoms with E-state index in [1.807, 2.05) is 6.07 Å². The average Bonchev–Trinajstić information content (AvgIpc) is 2.40. The van der Waals surface area contributed by atoms with Crippen LogP contribution in [0.3, 0.4) is 0 Å². The Bertz CT molecular complexity index is 412. The molecule has 2 rings (SSSR count). The molecule has 1 aliphatic rings. The van der Waals surface area contributed by atoms with Gasteiger partial charge < -0.3 is 15.3 Å². The molecule has 1 saturated heterocycles. The quantitative estimate of drug-likeness (QED) is 0.858. The molecule has 0 unspecified atom stereocenters. The Kier molecular flexibility index (Phi) is 4.20. The smallest absolute Gasteiger partial charge is 0.335 e. The van der Waals surface area contributed by atoms with Crippen molar-refractivity contribution in [3.8, 4) is 0 Å². The Balaban J connectivity index is 1.94. The van der Waals surface area contributed by atoms with Gasteiger partial charge in [-0.2, -0.15) is 0 Å². The minimum absolute atomic E-state index is 0.339. The van der Waals surface area contributed by atoms with Gasteiger partial charge in [0.25, 0.3) is 0 Å². The Morgan fingerprint density at radius 3 is 2.78 bits per heavy atom. The molecule has 98 valence electrons. The number of hydrogen-bond acceptors (Lipinski definition) is 3. The molecule has 1 aromatic carbocycles. The van der Waals surface area contributed by atoms with Crippen LogP contribution in [0, 0.1) is 0 Å². The van der Waals surface area contributed by atoms with Gasteiger partial charge in [-0.3, -0.25) is 0 Å². The van der Waals surface area contributed by atoms with Crippen molar-refractivity contribution in [3.05, 3.63) is 29.8 Å². The molecule has 0 atom stereocenters. The number of aromatic carboxylic acids is 1. The van der Waals surface area contributed by atoms with Crippen molar-refractivity contribution in [1.82, 2.24) is 4.90 Å². The predicted octanol–water partition coefficient (Wildman–Crippen LogP) is 2.28. The number of rotatable bonds is 4. The number of benzene rings is 1. The molecular formula is C14H20N2O2. The summed E-state index contributed by atoms with van der Waals surface area (Å²) in [4.78, 5) is 13.3. The van der Waals surface area contributed by atoms with E-state index in [1.54, 1.807) is 18.2 Å². The van der Waals surface area contributed by atoms with Gasteiger partial charge in [0.2, 0.25) is 0 Å². The monoisotopic (exact) mass is 248 g/mol.